The van der Waals surface area contributed by atoms with Crippen molar-refractivity contribution in [1.82, 2.24) is 0 Å². The van der Waals surface area contributed by atoms with Crippen molar-refractivity contribution in [1.29, 1.82) is 0 Å². The number of halogens is 2. The van der Waals surface area contributed by atoms with Crippen molar-refractivity contribution >= 4 is 16.1 Å². The molecule has 23 heavy (non-hydrogen) atoms. The molecule has 0 unspecified atom stereocenters. The molecule has 0 spiro atoms. The van der Waals surface area contributed by atoms with E-state index in [0.29, 0.717) is 0 Å². The number of hydrogen-bond acceptors (Lipinski definition) is 0. The predicted octanol–water partition coefficient (Wildman–Crippen LogP) is 0.181. The summed E-state index contributed by atoms with van der Waals surface area (Å²) in [5, 5.41) is 0. The first-order valence-corrected chi connectivity index (χ1v) is 19.2. The van der Waals surface area contributed by atoms with Crippen LogP contribution in [-0.2, 0) is 22.9 Å². The Morgan fingerprint density at radius 1 is 0.739 bits per heavy atom. The summed E-state index contributed by atoms with van der Waals surface area (Å²) >= 11 is -0.760. The van der Waals surface area contributed by atoms with Crippen molar-refractivity contribution in [3.63, 3.8) is 0 Å². The van der Waals surface area contributed by atoms with Gasteiger partial charge in [0.15, 0.2) is 0 Å². The van der Waals surface area contributed by atoms with E-state index in [0.717, 1.165) is 0 Å². The third kappa shape index (κ3) is 7.69. The Hall–Kier alpha value is 0.124. The fraction of sp³-hybridized carbons (Fsp3) is 0.556. The third-order valence-electron chi connectivity index (χ3n) is 3.80. The van der Waals surface area contributed by atoms with Gasteiger partial charge in [-0.1, -0.05) is 0 Å². The molecule has 2 rings (SSSR count). The normalized spacial score (nSPS) is 17.3. The maximum atomic E-state index is 2.50. The van der Waals surface area contributed by atoms with E-state index in [4.69, 9.17) is 0 Å². The maximum Gasteiger partial charge on any atom is -1.00 e. The van der Waals surface area contributed by atoms with Crippen LogP contribution in [0.3, 0.4) is 0 Å². The molecule has 0 nitrogen and oxygen atoms in total. The summed E-state index contributed by atoms with van der Waals surface area (Å²) in [5.74, 6) is 0. The van der Waals surface area contributed by atoms with Crippen LogP contribution in [0.25, 0.3) is 0 Å². The Kier molecular flexibility index (Phi) is 9.05. The smallest absolute Gasteiger partial charge is 1.00 e. The van der Waals surface area contributed by atoms with Crippen LogP contribution >= 0.6 is 0 Å². The molecule has 0 heterocycles. The molecule has 0 N–H and O–H groups in total. The largest absolute Gasteiger partial charge is 1.00 e. The van der Waals surface area contributed by atoms with E-state index >= 15 is 0 Å². The average molecular weight is 519 g/mol. The van der Waals surface area contributed by atoms with Gasteiger partial charge in [0.05, 0.1) is 0 Å². The van der Waals surface area contributed by atoms with Gasteiger partial charge in [0.1, 0.15) is 0 Å². The zero-order valence-electron chi connectivity index (χ0n) is 15.4. The van der Waals surface area contributed by atoms with Crippen LogP contribution < -0.4 is 9.41 Å². The van der Waals surface area contributed by atoms with Crippen LogP contribution in [-0.4, -0.2) is 16.1 Å². The summed E-state index contributed by atoms with van der Waals surface area (Å²) in [7, 11) is -1.96. The fourth-order valence-corrected chi connectivity index (χ4v) is 12.5. The van der Waals surface area contributed by atoms with Gasteiger partial charge in [-0.25, -0.2) is 0 Å². The Bertz CT molecular complexity index is 484. The van der Waals surface area contributed by atoms with Crippen molar-refractivity contribution in [2.45, 2.75) is 64.2 Å². The molecule has 5 heteroatoms. The molecule has 0 atom stereocenters. The van der Waals surface area contributed by atoms with Crippen molar-refractivity contribution in [2.24, 2.45) is 0 Å². The van der Waals surface area contributed by atoms with Crippen molar-refractivity contribution in [2.75, 3.05) is 0 Å². The third-order valence-corrected chi connectivity index (χ3v) is 12.6. The molecule has 0 saturated carbocycles. The summed E-state index contributed by atoms with van der Waals surface area (Å²) in [4.78, 5) is 0. The first-order chi connectivity index (χ1) is 9.64. The summed E-state index contributed by atoms with van der Waals surface area (Å²) in [6.45, 7) is 15.0. The number of hydrogen-bond donors (Lipinski definition) is 0. The molecular formula is C18H30F2HfSi2. The van der Waals surface area contributed by atoms with Crippen LogP contribution in [0.15, 0.2) is 42.1 Å². The Morgan fingerprint density at radius 3 is 1.39 bits per heavy atom. The second-order valence-electron chi connectivity index (χ2n) is 8.82. The molecule has 0 saturated heterocycles. The Balaban J connectivity index is 0.00000242. The van der Waals surface area contributed by atoms with Crippen molar-refractivity contribution < 1.29 is 32.3 Å². The molecule has 2 aliphatic rings. The van der Waals surface area contributed by atoms with Crippen LogP contribution in [0, 0.1) is 0 Å². The van der Waals surface area contributed by atoms with Gasteiger partial charge in [-0.2, -0.15) is 0 Å². The van der Waals surface area contributed by atoms with Gasteiger partial charge in [-0.3, -0.25) is 0 Å². The minimum absolute atomic E-state index is 0. The fourth-order valence-electron chi connectivity index (χ4n) is 3.02. The summed E-state index contributed by atoms with van der Waals surface area (Å²) in [6.07, 6.45) is 12.3. The molecule has 0 amide bonds. The van der Waals surface area contributed by atoms with Gasteiger partial charge in [-0.15, -0.1) is 0 Å². The quantitative estimate of drug-likeness (QED) is 0.440. The van der Waals surface area contributed by atoms with Crippen LogP contribution in [0.2, 0.25) is 51.4 Å². The van der Waals surface area contributed by atoms with E-state index in [1.54, 1.807) is 11.1 Å². The number of allylic oxidation sites excluding steroid dienone is 8. The molecular weight excluding hydrogens is 489 g/mol. The molecule has 0 radical (unpaired) electrons. The van der Waals surface area contributed by atoms with E-state index in [1.807, 2.05) is 6.66 Å². The molecule has 0 aromatic heterocycles. The second-order valence-corrected chi connectivity index (χ2v) is 25.0. The van der Waals surface area contributed by atoms with Crippen molar-refractivity contribution in [3.8, 4) is 0 Å². The SMILES string of the molecule is C[Si](C)(C)CC1=[C]([Hf+2][C]2=C(C[Si](C)(C)C)C=CC2)CC=C1.[F-].[F-]. The maximum absolute atomic E-state index is 2.50. The number of rotatable bonds is 6. The monoisotopic (exact) mass is 520 g/mol. The van der Waals surface area contributed by atoms with Crippen LogP contribution in [0.4, 0.5) is 0 Å². The second kappa shape index (κ2) is 9.00. The van der Waals surface area contributed by atoms with Gasteiger partial charge in [0.2, 0.25) is 0 Å². The average Bonchev–Trinajstić information content (AvgIpc) is 2.86. The van der Waals surface area contributed by atoms with Gasteiger partial charge in [0, 0.05) is 0 Å². The van der Waals surface area contributed by atoms with E-state index in [-0.39, 0.29) is 9.41 Å². The topological polar surface area (TPSA) is 0 Å². The van der Waals surface area contributed by atoms with Gasteiger partial charge in [0.25, 0.3) is 0 Å². The molecule has 0 bridgehead atoms. The molecule has 0 aliphatic heterocycles. The predicted molar refractivity (Wildman–Crippen MR) is 97.9 cm³/mol. The Morgan fingerprint density at radius 2 is 1.09 bits per heavy atom. The van der Waals surface area contributed by atoms with E-state index in [1.165, 1.54) is 24.9 Å². The van der Waals surface area contributed by atoms with Gasteiger partial charge < -0.3 is 9.41 Å². The van der Waals surface area contributed by atoms with Gasteiger partial charge >= 0.3 is 145 Å². The zero-order chi connectivity index (χ0) is 15.7. The summed E-state index contributed by atoms with van der Waals surface area (Å²) in [5.41, 5.74) is 3.51. The first kappa shape index (κ1) is 23.1. The molecule has 0 fully saturated rings. The molecule has 0 aromatic rings. The Labute approximate surface area is 154 Å². The molecule has 2 aliphatic carbocycles. The molecule has 128 valence electrons. The molecule has 0 aromatic carbocycles. The van der Waals surface area contributed by atoms with Crippen LogP contribution in [0.1, 0.15) is 12.8 Å². The first-order valence-electron chi connectivity index (χ1n) is 8.18. The standard InChI is InChI=1S/2C9H15Si.2FH.Hf/c2*1-10(2,3)8-9-6-4-5-7-9;;;/h2*4,6H,5,8H2,1-3H3;2*1H;/q;;;;+2/p-2. The van der Waals surface area contributed by atoms with E-state index in [9.17, 15) is 0 Å². The van der Waals surface area contributed by atoms with Crippen LogP contribution in [0.5, 0.6) is 0 Å². The van der Waals surface area contributed by atoms with Crippen molar-refractivity contribution in [3.05, 3.63) is 42.1 Å². The summed E-state index contributed by atoms with van der Waals surface area (Å²) < 4.78 is 3.81. The zero-order valence-corrected chi connectivity index (χ0v) is 21.0. The van der Waals surface area contributed by atoms with E-state index in [2.05, 4.69) is 63.6 Å². The minimum Gasteiger partial charge on any atom is -1.00 e. The van der Waals surface area contributed by atoms with Gasteiger partial charge in [-0.05, 0) is 0 Å². The van der Waals surface area contributed by atoms with E-state index < -0.39 is 39.1 Å². The summed E-state index contributed by atoms with van der Waals surface area (Å²) in [6, 6.07) is 2.80. The minimum atomic E-state index is -0.978.